The third-order valence-electron chi connectivity index (χ3n) is 8.51. The van der Waals surface area contributed by atoms with E-state index in [0.29, 0.717) is 5.41 Å². The quantitative estimate of drug-likeness (QED) is 0.311. The van der Waals surface area contributed by atoms with Crippen LogP contribution in [0.5, 0.6) is 0 Å². The summed E-state index contributed by atoms with van der Waals surface area (Å²) in [7, 11) is 1.83. The summed E-state index contributed by atoms with van der Waals surface area (Å²) in [5, 5.41) is 0. The summed E-state index contributed by atoms with van der Waals surface area (Å²) >= 11 is 0. The Morgan fingerprint density at radius 2 is 1.76 bits per heavy atom. The molecule has 0 N–H and O–H groups in total. The fourth-order valence-electron chi connectivity index (χ4n) is 6.17. The van der Waals surface area contributed by atoms with Crippen LogP contribution < -0.4 is 0 Å². The molecule has 1 nitrogen and oxygen atoms in total. The average Bonchev–Trinajstić information content (AvgIpc) is 2.78. The van der Waals surface area contributed by atoms with E-state index >= 15 is 0 Å². The molecule has 5 atom stereocenters. The molecule has 29 heavy (non-hydrogen) atoms. The number of hydrogen-bond donors (Lipinski definition) is 0. The largest absolute Gasteiger partial charge is 0.384 e. The van der Waals surface area contributed by atoms with Gasteiger partial charge in [-0.25, -0.2) is 0 Å². The molecule has 0 aromatic carbocycles. The molecule has 0 amide bonds. The van der Waals surface area contributed by atoms with Crippen molar-refractivity contribution in [3.05, 3.63) is 11.6 Å². The first kappa shape index (κ1) is 26.7. The van der Waals surface area contributed by atoms with E-state index in [9.17, 15) is 0 Å². The Hall–Kier alpha value is -0.300. The number of ether oxygens (including phenoxy) is 1. The third kappa shape index (κ3) is 8.39. The highest BCUT2D eigenvalue weighted by Crippen LogP contribution is 2.47. The Bertz CT molecular complexity index is 451. The molecule has 1 saturated carbocycles. The maximum Gasteiger partial charge on any atom is 0.0499 e. The molecule has 0 bridgehead atoms. The minimum atomic E-state index is 0.343. The summed E-state index contributed by atoms with van der Waals surface area (Å²) in [5.41, 5.74) is 1.98. The summed E-state index contributed by atoms with van der Waals surface area (Å²) in [6.45, 7) is 17.9. The van der Waals surface area contributed by atoms with Gasteiger partial charge in [0.05, 0.1) is 0 Å². The summed E-state index contributed by atoms with van der Waals surface area (Å²) < 4.78 is 5.43. The lowest BCUT2D eigenvalue weighted by Gasteiger charge is -2.40. The SMILES string of the molecule is C/C=C(/CCOC)[C@](C)(CC)[C@@H]1CCCC[C@H](C(C)CCCC(C)C)[C@@H](C)CC1. The van der Waals surface area contributed by atoms with Gasteiger partial charge in [0, 0.05) is 13.7 Å². The fraction of sp³-hybridized carbons (Fsp3) is 0.929. The van der Waals surface area contributed by atoms with Crippen molar-refractivity contribution in [2.24, 2.45) is 35.0 Å². The van der Waals surface area contributed by atoms with Crippen LogP contribution in [0.25, 0.3) is 0 Å². The van der Waals surface area contributed by atoms with Gasteiger partial charge in [0.15, 0.2) is 0 Å². The Kier molecular flexibility index (Phi) is 12.8. The molecule has 172 valence electrons. The van der Waals surface area contributed by atoms with Gasteiger partial charge in [0.25, 0.3) is 0 Å². The Balaban J connectivity index is 2.81. The highest BCUT2D eigenvalue weighted by Gasteiger charge is 2.36. The zero-order valence-electron chi connectivity index (χ0n) is 21.4. The lowest BCUT2D eigenvalue weighted by molar-refractivity contribution is 0.154. The number of hydrogen-bond acceptors (Lipinski definition) is 1. The molecule has 1 fully saturated rings. The van der Waals surface area contributed by atoms with Crippen molar-refractivity contribution in [1.82, 2.24) is 0 Å². The molecule has 0 aliphatic heterocycles. The van der Waals surface area contributed by atoms with Crippen molar-refractivity contribution in [3.63, 3.8) is 0 Å². The first-order valence-corrected chi connectivity index (χ1v) is 12.9. The van der Waals surface area contributed by atoms with E-state index in [1.807, 2.05) is 7.11 Å². The van der Waals surface area contributed by atoms with Gasteiger partial charge in [-0.05, 0) is 74.0 Å². The van der Waals surface area contributed by atoms with Crippen LogP contribution >= 0.6 is 0 Å². The van der Waals surface area contributed by atoms with Gasteiger partial charge in [-0.2, -0.15) is 0 Å². The third-order valence-corrected chi connectivity index (χ3v) is 8.51. The van der Waals surface area contributed by atoms with E-state index in [1.54, 1.807) is 5.57 Å². The molecular weight excluding hydrogens is 352 g/mol. The smallest absolute Gasteiger partial charge is 0.0499 e. The van der Waals surface area contributed by atoms with E-state index < -0.39 is 0 Å². The minimum Gasteiger partial charge on any atom is -0.384 e. The van der Waals surface area contributed by atoms with Crippen molar-refractivity contribution >= 4 is 0 Å². The van der Waals surface area contributed by atoms with Gasteiger partial charge in [-0.3, -0.25) is 0 Å². The molecule has 0 heterocycles. The van der Waals surface area contributed by atoms with Crippen molar-refractivity contribution in [2.45, 2.75) is 119 Å². The molecule has 1 aliphatic rings. The molecule has 0 saturated heterocycles. The van der Waals surface area contributed by atoms with Gasteiger partial charge >= 0.3 is 0 Å². The van der Waals surface area contributed by atoms with E-state index in [-0.39, 0.29) is 0 Å². The molecule has 1 unspecified atom stereocenters. The second kappa shape index (κ2) is 13.9. The molecule has 0 spiro atoms. The summed E-state index contributed by atoms with van der Waals surface area (Å²) in [5.74, 6) is 4.38. The van der Waals surface area contributed by atoms with Gasteiger partial charge in [0.1, 0.15) is 0 Å². The normalized spacial score (nSPS) is 27.8. The minimum absolute atomic E-state index is 0.343. The highest BCUT2D eigenvalue weighted by molar-refractivity contribution is 5.14. The van der Waals surface area contributed by atoms with Crippen LogP contribution in [0.15, 0.2) is 11.6 Å². The molecule has 0 aromatic rings. The topological polar surface area (TPSA) is 9.23 Å². The molecule has 1 aliphatic carbocycles. The van der Waals surface area contributed by atoms with Crippen LogP contribution in [0, 0.1) is 35.0 Å². The lowest BCUT2D eigenvalue weighted by Crippen LogP contribution is -2.30. The second-order valence-electron chi connectivity index (χ2n) is 10.8. The van der Waals surface area contributed by atoms with Crippen LogP contribution in [0.2, 0.25) is 0 Å². The highest BCUT2D eigenvalue weighted by atomic mass is 16.5. The van der Waals surface area contributed by atoms with Crippen molar-refractivity contribution in [1.29, 1.82) is 0 Å². The zero-order chi connectivity index (χ0) is 21.9. The van der Waals surface area contributed by atoms with Crippen molar-refractivity contribution in [3.8, 4) is 0 Å². The van der Waals surface area contributed by atoms with Crippen LogP contribution in [-0.2, 0) is 4.74 Å². The Morgan fingerprint density at radius 3 is 2.34 bits per heavy atom. The monoisotopic (exact) mass is 406 g/mol. The summed E-state index contributed by atoms with van der Waals surface area (Å²) in [6.07, 6.45) is 17.6. The number of rotatable bonds is 11. The number of allylic oxidation sites excluding steroid dienone is 1. The maximum absolute atomic E-state index is 5.43. The zero-order valence-corrected chi connectivity index (χ0v) is 21.4. The predicted molar refractivity (Wildman–Crippen MR) is 130 cm³/mol. The maximum atomic E-state index is 5.43. The standard InChI is InChI=1S/C28H54O/c1-9-25(20-21-29-8)28(7,10-2)26-16-11-12-17-27(24(6)18-19-26)23(5)15-13-14-22(3)4/h9,22-24,26-27H,10-21H2,1-8H3/b25-9-/t23?,24-,26+,27+,28-/m0/s1. The first-order valence-electron chi connectivity index (χ1n) is 12.9. The molecule has 1 heteroatoms. The number of methoxy groups -OCH3 is 1. The predicted octanol–water partition coefficient (Wildman–Crippen LogP) is 9.07. The van der Waals surface area contributed by atoms with E-state index in [4.69, 9.17) is 4.74 Å². The van der Waals surface area contributed by atoms with Crippen molar-refractivity contribution < 1.29 is 4.74 Å². The van der Waals surface area contributed by atoms with Crippen LogP contribution in [0.1, 0.15) is 119 Å². The first-order chi connectivity index (χ1) is 13.8. The molecule has 0 aromatic heterocycles. The van der Waals surface area contributed by atoms with Gasteiger partial charge in [0.2, 0.25) is 0 Å². The molecular formula is C28H54O. The average molecular weight is 407 g/mol. The van der Waals surface area contributed by atoms with Gasteiger partial charge in [-0.15, -0.1) is 0 Å². The van der Waals surface area contributed by atoms with Crippen molar-refractivity contribution in [2.75, 3.05) is 13.7 Å². The van der Waals surface area contributed by atoms with Crippen LogP contribution in [0.4, 0.5) is 0 Å². The summed E-state index contributed by atoms with van der Waals surface area (Å²) in [6, 6.07) is 0. The molecule has 0 radical (unpaired) electrons. The van der Waals surface area contributed by atoms with Crippen LogP contribution in [-0.4, -0.2) is 13.7 Å². The van der Waals surface area contributed by atoms with Gasteiger partial charge in [-0.1, -0.05) is 91.7 Å². The van der Waals surface area contributed by atoms with E-state index in [2.05, 4.69) is 54.5 Å². The van der Waals surface area contributed by atoms with Crippen LogP contribution in [0.3, 0.4) is 0 Å². The van der Waals surface area contributed by atoms with E-state index in [1.165, 1.54) is 64.2 Å². The Labute approximate surface area is 184 Å². The fourth-order valence-corrected chi connectivity index (χ4v) is 6.17. The lowest BCUT2D eigenvalue weighted by atomic mass is 9.65. The van der Waals surface area contributed by atoms with E-state index in [0.717, 1.165) is 42.6 Å². The Morgan fingerprint density at radius 1 is 1.07 bits per heavy atom. The summed E-state index contributed by atoms with van der Waals surface area (Å²) in [4.78, 5) is 0. The second-order valence-corrected chi connectivity index (χ2v) is 10.8. The molecule has 1 rings (SSSR count). The van der Waals surface area contributed by atoms with Gasteiger partial charge < -0.3 is 4.74 Å².